The van der Waals surface area contributed by atoms with Crippen molar-refractivity contribution in [3.63, 3.8) is 0 Å². The van der Waals surface area contributed by atoms with E-state index in [9.17, 15) is 4.79 Å². The molecule has 7 heteroatoms. The number of aromatic nitrogens is 2. The van der Waals surface area contributed by atoms with Crippen LogP contribution in [0.3, 0.4) is 0 Å². The van der Waals surface area contributed by atoms with Crippen LogP contribution >= 0.6 is 11.6 Å². The largest absolute Gasteiger partial charge is 0.357 e. The molecule has 2 aromatic rings. The normalized spacial score (nSPS) is 14.2. The number of carbonyl (C=O) groups excluding carboxylic acids is 1. The number of hydrogen-bond acceptors (Lipinski definition) is 4. The van der Waals surface area contributed by atoms with E-state index in [2.05, 4.69) is 25.5 Å². The zero-order chi connectivity index (χ0) is 17.6. The summed E-state index contributed by atoms with van der Waals surface area (Å²) in [6.45, 7) is 4.24. The van der Waals surface area contributed by atoms with Gasteiger partial charge in [0.2, 0.25) is 0 Å². The SMILES string of the molecule is Cc1ccc(NC(=O)NCc2nccc(N3CCCCC3)n2)cc1Cl. The van der Waals surface area contributed by atoms with E-state index in [1.54, 1.807) is 12.3 Å². The highest BCUT2D eigenvalue weighted by molar-refractivity contribution is 6.31. The van der Waals surface area contributed by atoms with Gasteiger partial charge in [0.1, 0.15) is 11.6 Å². The Bertz CT molecular complexity index is 746. The fraction of sp³-hybridized carbons (Fsp3) is 0.389. The maximum Gasteiger partial charge on any atom is 0.319 e. The smallest absolute Gasteiger partial charge is 0.319 e. The molecule has 3 rings (SSSR count). The van der Waals surface area contributed by atoms with Crippen molar-refractivity contribution in [2.75, 3.05) is 23.3 Å². The fourth-order valence-corrected chi connectivity index (χ4v) is 2.96. The van der Waals surface area contributed by atoms with Crippen LogP contribution in [0.15, 0.2) is 30.5 Å². The molecule has 0 unspecified atom stereocenters. The Hall–Kier alpha value is -2.34. The van der Waals surface area contributed by atoms with Crippen molar-refractivity contribution in [2.45, 2.75) is 32.7 Å². The van der Waals surface area contributed by atoms with Crippen LogP contribution in [0.4, 0.5) is 16.3 Å². The van der Waals surface area contributed by atoms with Crippen LogP contribution < -0.4 is 15.5 Å². The highest BCUT2D eigenvalue weighted by Gasteiger charge is 2.13. The lowest BCUT2D eigenvalue weighted by Gasteiger charge is -2.27. The highest BCUT2D eigenvalue weighted by Crippen LogP contribution is 2.20. The number of halogens is 1. The molecule has 132 valence electrons. The fourth-order valence-electron chi connectivity index (χ4n) is 2.78. The lowest BCUT2D eigenvalue weighted by molar-refractivity contribution is 0.251. The Morgan fingerprint density at radius 2 is 2.04 bits per heavy atom. The third-order valence-corrected chi connectivity index (χ3v) is 4.61. The zero-order valence-electron chi connectivity index (χ0n) is 14.3. The number of carbonyl (C=O) groups is 1. The van der Waals surface area contributed by atoms with E-state index >= 15 is 0 Å². The second-order valence-electron chi connectivity index (χ2n) is 6.15. The molecule has 0 spiro atoms. The summed E-state index contributed by atoms with van der Waals surface area (Å²) in [4.78, 5) is 23.1. The summed E-state index contributed by atoms with van der Waals surface area (Å²) in [6, 6.07) is 7.01. The van der Waals surface area contributed by atoms with Gasteiger partial charge in [0.25, 0.3) is 0 Å². The number of urea groups is 1. The first-order valence-electron chi connectivity index (χ1n) is 8.50. The Balaban J connectivity index is 1.55. The van der Waals surface area contributed by atoms with Crippen LogP contribution in [0.25, 0.3) is 0 Å². The molecule has 6 nitrogen and oxygen atoms in total. The van der Waals surface area contributed by atoms with Gasteiger partial charge in [0.05, 0.1) is 6.54 Å². The number of piperidine rings is 1. The molecule has 1 fully saturated rings. The van der Waals surface area contributed by atoms with E-state index in [0.29, 0.717) is 16.5 Å². The lowest BCUT2D eigenvalue weighted by atomic mass is 10.1. The third kappa shape index (κ3) is 4.82. The Kier molecular flexibility index (Phi) is 5.71. The maximum atomic E-state index is 12.0. The number of hydrogen-bond donors (Lipinski definition) is 2. The molecule has 1 aromatic carbocycles. The van der Waals surface area contributed by atoms with Gasteiger partial charge in [0, 0.05) is 30.0 Å². The molecular formula is C18H22ClN5O. The topological polar surface area (TPSA) is 70.2 Å². The summed E-state index contributed by atoms with van der Waals surface area (Å²) in [5.41, 5.74) is 1.62. The van der Waals surface area contributed by atoms with E-state index in [1.807, 2.05) is 25.1 Å². The van der Waals surface area contributed by atoms with Gasteiger partial charge in [-0.1, -0.05) is 17.7 Å². The molecule has 2 amide bonds. The van der Waals surface area contributed by atoms with Crippen molar-refractivity contribution >= 4 is 29.1 Å². The summed E-state index contributed by atoms with van der Waals surface area (Å²) < 4.78 is 0. The molecule has 2 heterocycles. The number of anilines is 2. The average Bonchev–Trinajstić information content (AvgIpc) is 2.64. The van der Waals surface area contributed by atoms with E-state index in [1.165, 1.54) is 19.3 Å². The van der Waals surface area contributed by atoms with Crippen molar-refractivity contribution in [1.82, 2.24) is 15.3 Å². The van der Waals surface area contributed by atoms with Gasteiger partial charge >= 0.3 is 6.03 Å². The molecule has 1 aromatic heterocycles. The van der Waals surface area contributed by atoms with Crippen LogP contribution in [0.1, 0.15) is 30.7 Å². The summed E-state index contributed by atoms with van der Waals surface area (Å²) in [7, 11) is 0. The molecular weight excluding hydrogens is 338 g/mol. The van der Waals surface area contributed by atoms with Crippen LogP contribution in [0.2, 0.25) is 5.02 Å². The molecule has 0 radical (unpaired) electrons. The van der Waals surface area contributed by atoms with Gasteiger partial charge in [-0.25, -0.2) is 14.8 Å². The average molecular weight is 360 g/mol. The minimum absolute atomic E-state index is 0.271. The number of nitrogens with one attached hydrogen (secondary N) is 2. The van der Waals surface area contributed by atoms with E-state index in [4.69, 9.17) is 11.6 Å². The number of aryl methyl sites for hydroxylation is 1. The van der Waals surface area contributed by atoms with Crippen molar-refractivity contribution in [2.24, 2.45) is 0 Å². The van der Waals surface area contributed by atoms with Crippen molar-refractivity contribution < 1.29 is 4.79 Å². The van der Waals surface area contributed by atoms with Crippen LogP contribution in [-0.4, -0.2) is 29.1 Å². The third-order valence-electron chi connectivity index (χ3n) is 4.21. The molecule has 0 bridgehead atoms. The number of nitrogens with zero attached hydrogens (tertiary/aromatic N) is 3. The number of amides is 2. The first-order chi connectivity index (χ1) is 12.1. The van der Waals surface area contributed by atoms with E-state index in [0.717, 1.165) is 24.5 Å². The standard InChI is InChI=1S/C18H22ClN5O/c1-13-5-6-14(11-15(13)19)22-18(25)21-12-16-20-8-7-17(23-16)24-9-3-2-4-10-24/h5-8,11H,2-4,9-10,12H2,1H3,(H2,21,22,25). The molecule has 1 saturated heterocycles. The summed E-state index contributed by atoms with van der Waals surface area (Å²) in [5.74, 6) is 1.53. The molecule has 2 N–H and O–H groups in total. The molecule has 0 aliphatic carbocycles. The first-order valence-corrected chi connectivity index (χ1v) is 8.87. The van der Waals surface area contributed by atoms with E-state index < -0.39 is 0 Å². The van der Waals surface area contributed by atoms with Crippen LogP contribution in [0.5, 0.6) is 0 Å². The van der Waals surface area contributed by atoms with Crippen LogP contribution in [-0.2, 0) is 6.54 Å². The first kappa shape index (κ1) is 17.5. The van der Waals surface area contributed by atoms with Crippen molar-refractivity contribution in [1.29, 1.82) is 0 Å². The van der Waals surface area contributed by atoms with Crippen molar-refractivity contribution in [3.05, 3.63) is 46.9 Å². The van der Waals surface area contributed by atoms with Gasteiger partial charge in [-0.15, -0.1) is 0 Å². The minimum Gasteiger partial charge on any atom is -0.357 e. The predicted molar refractivity (Wildman–Crippen MR) is 100 cm³/mol. The highest BCUT2D eigenvalue weighted by atomic mass is 35.5. The van der Waals surface area contributed by atoms with Gasteiger partial charge in [-0.3, -0.25) is 0 Å². The van der Waals surface area contributed by atoms with Crippen molar-refractivity contribution in [3.8, 4) is 0 Å². The van der Waals surface area contributed by atoms with Crippen LogP contribution in [0, 0.1) is 6.92 Å². The lowest BCUT2D eigenvalue weighted by Crippen LogP contribution is -2.31. The quantitative estimate of drug-likeness (QED) is 0.872. The zero-order valence-corrected chi connectivity index (χ0v) is 15.0. The summed E-state index contributed by atoms with van der Waals surface area (Å²) >= 11 is 6.07. The molecule has 1 aliphatic rings. The Morgan fingerprint density at radius 3 is 2.80 bits per heavy atom. The minimum atomic E-state index is -0.313. The molecule has 0 saturated carbocycles. The summed E-state index contributed by atoms with van der Waals surface area (Å²) in [5, 5.41) is 6.15. The second-order valence-corrected chi connectivity index (χ2v) is 6.56. The number of benzene rings is 1. The predicted octanol–water partition coefficient (Wildman–Crippen LogP) is 3.75. The van der Waals surface area contributed by atoms with Gasteiger partial charge in [-0.05, 0) is 49.9 Å². The second kappa shape index (κ2) is 8.16. The van der Waals surface area contributed by atoms with Gasteiger partial charge < -0.3 is 15.5 Å². The van der Waals surface area contributed by atoms with Gasteiger partial charge in [0.15, 0.2) is 0 Å². The number of rotatable bonds is 4. The Labute approximate surface area is 152 Å². The summed E-state index contributed by atoms with van der Waals surface area (Å²) in [6.07, 6.45) is 5.41. The van der Waals surface area contributed by atoms with E-state index in [-0.39, 0.29) is 12.6 Å². The maximum absolute atomic E-state index is 12.0. The molecule has 1 aliphatic heterocycles. The van der Waals surface area contributed by atoms with Gasteiger partial charge in [-0.2, -0.15) is 0 Å². The molecule has 0 atom stereocenters. The monoisotopic (exact) mass is 359 g/mol. The Morgan fingerprint density at radius 1 is 1.24 bits per heavy atom. The molecule has 25 heavy (non-hydrogen) atoms.